The van der Waals surface area contributed by atoms with E-state index in [0.29, 0.717) is 17.7 Å². The Morgan fingerprint density at radius 1 is 1.33 bits per heavy atom. The second-order valence-corrected chi connectivity index (χ2v) is 6.70. The Morgan fingerprint density at radius 2 is 1.96 bits per heavy atom. The molecule has 132 valence electrons. The summed E-state index contributed by atoms with van der Waals surface area (Å²) in [5, 5.41) is 3.50. The number of fused-ring (bicyclic) bond motifs is 1. The third-order valence-electron chi connectivity index (χ3n) is 4.36. The molecule has 0 saturated heterocycles. The second-order valence-electron chi connectivity index (χ2n) is 5.78. The SMILES string of the molecule is CCC(N)(CC)CNC(=O)c1c(C)c2cc(Br)ccc2oc1=O.Cl. The molecule has 0 saturated carbocycles. The van der Waals surface area contributed by atoms with Gasteiger partial charge in [0.15, 0.2) is 0 Å². The molecule has 0 aliphatic rings. The van der Waals surface area contributed by atoms with Crippen molar-refractivity contribution in [3.63, 3.8) is 0 Å². The predicted molar refractivity (Wildman–Crippen MR) is 102 cm³/mol. The lowest BCUT2D eigenvalue weighted by Crippen LogP contribution is -2.49. The van der Waals surface area contributed by atoms with E-state index in [2.05, 4.69) is 21.2 Å². The number of hydrogen-bond acceptors (Lipinski definition) is 4. The average molecular weight is 418 g/mol. The minimum Gasteiger partial charge on any atom is -0.422 e. The molecule has 0 aliphatic heterocycles. The molecule has 0 fully saturated rings. The summed E-state index contributed by atoms with van der Waals surface area (Å²) in [6.07, 6.45) is 1.48. The van der Waals surface area contributed by atoms with Crippen LogP contribution in [0.5, 0.6) is 0 Å². The van der Waals surface area contributed by atoms with Gasteiger partial charge in [0.25, 0.3) is 5.91 Å². The van der Waals surface area contributed by atoms with E-state index in [9.17, 15) is 9.59 Å². The van der Waals surface area contributed by atoms with Crippen LogP contribution < -0.4 is 16.7 Å². The molecule has 1 aromatic heterocycles. The number of hydrogen-bond donors (Lipinski definition) is 2. The van der Waals surface area contributed by atoms with Crippen molar-refractivity contribution in [3.8, 4) is 0 Å². The molecule has 7 heteroatoms. The fourth-order valence-corrected chi connectivity index (χ4v) is 2.79. The van der Waals surface area contributed by atoms with Crippen molar-refractivity contribution in [1.82, 2.24) is 5.32 Å². The number of rotatable bonds is 5. The standard InChI is InChI=1S/C17H21BrN2O3.ClH/c1-4-17(19,5-2)9-20-15(21)14-10(3)12-8-11(18)6-7-13(12)23-16(14)22;/h6-8H,4-5,9,19H2,1-3H3,(H,20,21);1H. The number of halogens is 2. The van der Waals surface area contributed by atoms with Crippen LogP contribution in [-0.2, 0) is 0 Å². The topological polar surface area (TPSA) is 85.3 Å². The Hall–Kier alpha value is -1.37. The minimum absolute atomic E-state index is 0. The molecule has 0 radical (unpaired) electrons. The van der Waals surface area contributed by atoms with Gasteiger partial charge in [0, 0.05) is 21.9 Å². The van der Waals surface area contributed by atoms with E-state index < -0.39 is 17.1 Å². The zero-order chi connectivity index (χ0) is 17.2. The number of nitrogens with one attached hydrogen (secondary N) is 1. The number of aryl methyl sites for hydroxylation is 1. The van der Waals surface area contributed by atoms with Crippen LogP contribution in [0.15, 0.2) is 31.9 Å². The highest BCUT2D eigenvalue weighted by Crippen LogP contribution is 2.23. The van der Waals surface area contributed by atoms with Crippen LogP contribution in [0.4, 0.5) is 0 Å². The summed E-state index contributed by atoms with van der Waals surface area (Å²) in [6.45, 7) is 6.01. The first-order chi connectivity index (χ1) is 10.8. The van der Waals surface area contributed by atoms with Crippen LogP contribution in [0, 0.1) is 6.92 Å². The molecule has 0 bridgehead atoms. The van der Waals surface area contributed by atoms with Crippen molar-refractivity contribution in [1.29, 1.82) is 0 Å². The van der Waals surface area contributed by atoms with Crippen molar-refractivity contribution in [2.75, 3.05) is 6.54 Å². The lowest BCUT2D eigenvalue weighted by atomic mass is 9.94. The van der Waals surface area contributed by atoms with E-state index in [1.807, 2.05) is 19.9 Å². The highest BCUT2D eigenvalue weighted by atomic mass is 79.9. The average Bonchev–Trinajstić information content (AvgIpc) is 2.53. The van der Waals surface area contributed by atoms with E-state index in [1.54, 1.807) is 19.1 Å². The van der Waals surface area contributed by atoms with Crippen molar-refractivity contribution in [2.45, 2.75) is 39.2 Å². The van der Waals surface area contributed by atoms with Crippen molar-refractivity contribution < 1.29 is 9.21 Å². The fourth-order valence-electron chi connectivity index (χ4n) is 2.43. The number of carbonyl (C=O) groups excluding carboxylic acids is 1. The molecular weight excluding hydrogens is 396 g/mol. The largest absolute Gasteiger partial charge is 0.422 e. The Morgan fingerprint density at radius 3 is 2.54 bits per heavy atom. The van der Waals surface area contributed by atoms with E-state index in [-0.39, 0.29) is 18.0 Å². The summed E-state index contributed by atoms with van der Waals surface area (Å²) >= 11 is 3.39. The smallest absolute Gasteiger partial charge is 0.349 e. The third-order valence-corrected chi connectivity index (χ3v) is 4.86. The Balaban J connectivity index is 0.00000288. The lowest BCUT2D eigenvalue weighted by molar-refractivity contribution is 0.0938. The highest BCUT2D eigenvalue weighted by Gasteiger charge is 2.24. The monoisotopic (exact) mass is 416 g/mol. The van der Waals surface area contributed by atoms with Crippen LogP contribution in [0.2, 0.25) is 0 Å². The summed E-state index contributed by atoms with van der Waals surface area (Å²) in [5.74, 6) is -0.449. The van der Waals surface area contributed by atoms with Gasteiger partial charge in [-0.1, -0.05) is 29.8 Å². The first kappa shape index (κ1) is 20.7. The maximum Gasteiger partial charge on any atom is 0.349 e. The van der Waals surface area contributed by atoms with Crippen LogP contribution >= 0.6 is 28.3 Å². The zero-order valence-corrected chi connectivity index (χ0v) is 16.3. The van der Waals surface area contributed by atoms with Crippen LogP contribution in [0.3, 0.4) is 0 Å². The predicted octanol–water partition coefficient (Wildman–Crippen LogP) is 3.53. The van der Waals surface area contributed by atoms with Crippen molar-refractivity contribution in [2.24, 2.45) is 5.73 Å². The molecule has 2 aromatic rings. The molecule has 1 amide bonds. The quantitative estimate of drug-likeness (QED) is 0.729. The van der Waals surface area contributed by atoms with Gasteiger partial charge in [0.05, 0.1) is 0 Å². The summed E-state index contributed by atoms with van der Waals surface area (Å²) in [5.41, 5.74) is 6.18. The lowest BCUT2D eigenvalue weighted by Gasteiger charge is -2.26. The third kappa shape index (κ3) is 4.18. The van der Waals surface area contributed by atoms with Crippen molar-refractivity contribution >= 4 is 45.2 Å². The summed E-state index contributed by atoms with van der Waals surface area (Å²) in [4.78, 5) is 24.6. The first-order valence-corrected chi connectivity index (χ1v) is 8.40. The minimum atomic E-state index is -0.634. The number of benzene rings is 1. The van der Waals surface area contributed by atoms with Gasteiger partial charge < -0.3 is 15.5 Å². The Bertz CT molecular complexity index is 800. The molecule has 3 N–H and O–H groups in total. The van der Waals surface area contributed by atoms with Gasteiger partial charge in [-0.15, -0.1) is 12.4 Å². The van der Waals surface area contributed by atoms with E-state index in [4.69, 9.17) is 10.2 Å². The van der Waals surface area contributed by atoms with Gasteiger partial charge >= 0.3 is 5.63 Å². The van der Waals surface area contributed by atoms with Crippen molar-refractivity contribution in [3.05, 3.63) is 44.2 Å². The van der Waals surface area contributed by atoms with Gasteiger partial charge in [0.2, 0.25) is 0 Å². The molecule has 0 aliphatic carbocycles. The van der Waals surface area contributed by atoms with Crippen LogP contribution in [0.1, 0.15) is 42.6 Å². The van der Waals surface area contributed by atoms with Crippen LogP contribution in [0.25, 0.3) is 11.0 Å². The second kappa shape index (κ2) is 8.14. The van der Waals surface area contributed by atoms with Gasteiger partial charge in [-0.25, -0.2) is 4.79 Å². The highest BCUT2D eigenvalue weighted by molar-refractivity contribution is 9.10. The maximum atomic E-state index is 12.5. The first-order valence-electron chi connectivity index (χ1n) is 7.61. The molecular formula is C17H22BrClN2O3. The number of amides is 1. The van der Waals surface area contributed by atoms with Gasteiger partial charge in [-0.2, -0.15) is 0 Å². The Kier molecular flexibility index (Phi) is 7.01. The van der Waals surface area contributed by atoms with E-state index in [0.717, 1.165) is 22.7 Å². The van der Waals surface area contributed by atoms with Gasteiger partial charge in [-0.05, 0) is 43.5 Å². The molecule has 24 heavy (non-hydrogen) atoms. The zero-order valence-electron chi connectivity index (χ0n) is 13.9. The van der Waals surface area contributed by atoms with Gasteiger partial charge in [0.1, 0.15) is 11.1 Å². The number of nitrogens with two attached hydrogens (primary N) is 1. The summed E-state index contributed by atoms with van der Waals surface area (Å²) in [6, 6.07) is 5.32. The molecule has 5 nitrogen and oxygen atoms in total. The maximum absolute atomic E-state index is 12.5. The molecule has 0 spiro atoms. The van der Waals surface area contributed by atoms with E-state index in [1.165, 1.54) is 0 Å². The fraction of sp³-hybridized carbons (Fsp3) is 0.412. The van der Waals surface area contributed by atoms with Gasteiger partial charge in [-0.3, -0.25) is 4.79 Å². The molecule has 0 unspecified atom stereocenters. The Labute approximate surface area is 155 Å². The molecule has 0 atom stereocenters. The molecule has 1 aromatic carbocycles. The molecule has 2 rings (SSSR count). The summed E-state index contributed by atoms with van der Waals surface area (Å²) < 4.78 is 6.12. The summed E-state index contributed by atoms with van der Waals surface area (Å²) in [7, 11) is 0. The van der Waals surface area contributed by atoms with E-state index >= 15 is 0 Å². The normalized spacial score (nSPS) is 11.2. The van der Waals surface area contributed by atoms with Crippen LogP contribution in [-0.4, -0.2) is 18.0 Å². The molecule has 1 heterocycles. The number of carbonyl (C=O) groups is 1.